The molecular formula is C16H23N5O2S. The highest BCUT2D eigenvalue weighted by Crippen LogP contribution is 2.34. The third-order valence-corrected chi connectivity index (χ3v) is 5.31. The maximum Gasteiger partial charge on any atom is 0.247 e. The minimum Gasteiger partial charge on any atom is -0.387 e. The molecule has 130 valence electrons. The highest BCUT2D eigenvalue weighted by molar-refractivity contribution is 7.15. The maximum absolute atomic E-state index is 12.1. The summed E-state index contributed by atoms with van der Waals surface area (Å²) in [4.78, 5) is 18.0. The molecule has 2 aromatic rings. The second kappa shape index (κ2) is 7.40. The zero-order valence-electron chi connectivity index (χ0n) is 14.0. The van der Waals surface area contributed by atoms with Gasteiger partial charge in [0.15, 0.2) is 5.13 Å². The number of thiazole rings is 1. The van der Waals surface area contributed by atoms with Crippen LogP contribution in [-0.4, -0.2) is 31.0 Å². The molecule has 2 heterocycles. The summed E-state index contributed by atoms with van der Waals surface area (Å²) in [5.41, 5.74) is 1.59. The minimum atomic E-state index is -0.691. The summed E-state index contributed by atoms with van der Waals surface area (Å²) in [6, 6.07) is 0. The Hall–Kier alpha value is -1.80. The van der Waals surface area contributed by atoms with Crippen molar-refractivity contribution in [3.05, 3.63) is 22.5 Å². The predicted molar refractivity (Wildman–Crippen MR) is 91.8 cm³/mol. The van der Waals surface area contributed by atoms with Gasteiger partial charge in [-0.05, 0) is 32.1 Å². The molecule has 0 fully saturated rings. The van der Waals surface area contributed by atoms with E-state index in [1.807, 2.05) is 0 Å². The van der Waals surface area contributed by atoms with Crippen LogP contribution in [0.15, 0.2) is 6.20 Å². The number of nitrogens with zero attached hydrogens (tertiary/aromatic N) is 4. The number of fused-ring (bicyclic) bond motifs is 1. The lowest BCUT2D eigenvalue weighted by atomic mass is 9.88. The Labute approximate surface area is 145 Å². The second-order valence-corrected chi connectivity index (χ2v) is 7.44. The van der Waals surface area contributed by atoms with E-state index in [9.17, 15) is 9.90 Å². The van der Waals surface area contributed by atoms with E-state index in [0.29, 0.717) is 10.8 Å². The molecule has 0 unspecified atom stereocenters. The van der Waals surface area contributed by atoms with Crippen molar-refractivity contribution < 1.29 is 9.90 Å². The monoisotopic (exact) mass is 349 g/mol. The van der Waals surface area contributed by atoms with Gasteiger partial charge in [-0.2, -0.15) is 0 Å². The van der Waals surface area contributed by atoms with Gasteiger partial charge in [0.1, 0.15) is 12.2 Å². The summed E-state index contributed by atoms with van der Waals surface area (Å²) in [6.07, 6.45) is 6.64. The first-order chi connectivity index (χ1) is 11.5. The van der Waals surface area contributed by atoms with Gasteiger partial charge >= 0.3 is 0 Å². The summed E-state index contributed by atoms with van der Waals surface area (Å²) in [7, 11) is 0. The van der Waals surface area contributed by atoms with Crippen LogP contribution in [0.3, 0.4) is 0 Å². The number of anilines is 1. The number of aromatic nitrogens is 4. The number of rotatable bonds is 6. The molecule has 0 saturated heterocycles. The van der Waals surface area contributed by atoms with Crippen molar-refractivity contribution in [1.82, 2.24) is 20.0 Å². The lowest BCUT2D eigenvalue weighted by Gasteiger charge is -2.19. The standard InChI is InChI=1S/C16H23N5O2S/c1-3-4-11-5-6-12-14(7-11)24-16(17-12)18-15(23)9-21-8-13(10(2)22)19-20-21/h8,10-11,22H,3-7,9H2,1-2H3,(H,17,18,23)/t10-,11+/m1/s1. The minimum absolute atomic E-state index is 0.0580. The molecule has 7 nitrogen and oxygen atoms in total. The summed E-state index contributed by atoms with van der Waals surface area (Å²) in [5.74, 6) is 0.564. The summed E-state index contributed by atoms with van der Waals surface area (Å²) in [5, 5.41) is 20.6. The molecule has 0 aromatic carbocycles. The van der Waals surface area contributed by atoms with E-state index in [1.165, 1.54) is 28.8 Å². The van der Waals surface area contributed by atoms with Crippen molar-refractivity contribution in [2.24, 2.45) is 5.92 Å². The van der Waals surface area contributed by atoms with E-state index in [-0.39, 0.29) is 12.5 Å². The van der Waals surface area contributed by atoms with Crippen LogP contribution in [0.4, 0.5) is 5.13 Å². The lowest BCUT2D eigenvalue weighted by Crippen LogP contribution is -2.19. The van der Waals surface area contributed by atoms with E-state index in [0.717, 1.165) is 24.5 Å². The fourth-order valence-corrected chi connectivity index (χ4v) is 4.18. The first-order valence-corrected chi connectivity index (χ1v) is 9.23. The maximum atomic E-state index is 12.1. The van der Waals surface area contributed by atoms with Gasteiger partial charge in [0.2, 0.25) is 5.91 Å². The Morgan fingerprint density at radius 3 is 3.12 bits per heavy atom. The van der Waals surface area contributed by atoms with Gasteiger partial charge in [0, 0.05) is 4.88 Å². The SMILES string of the molecule is CCC[C@H]1CCc2nc(NC(=O)Cn3cc([C@@H](C)O)nn3)sc2C1. The molecule has 8 heteroatoms. The van der Waals surface area contributed by atoms with Gasteiger partial charge in [0.25, 0.3) is 0 Å². The zero-order valence-corrected chi connectivity index (χ0v) is 14.8. The second-order valence-electron chi connectivity index (χ2n) is 6.35. The van der Waals surface area contributed by atoms with Gasteiger partial charge in [-0.3, -0.25) is 4.79 Å². The van der Waals surface area contributed by atoms with Crippen LogP contribution in [0.5, 0.6) is 0 Å². The average molecular weight is 349 g/mol. The van der Waals surface area contributed by atoms with Crippen molar-refractivity contribution >= 4 is 22.4 Å². The summed E-state index contributed by atoms with van der Waals surface area (Å²) in [6.45, 7) is 3.89. The molecular weight excluding hydrogens is 326 g/mol. The number of aliphatic hydroxyl groups is 1. The van der Waals surface area contributed by atoms with Crippen LogP contribution >= 0.6 is 11.3 Å². The molecule has 2 atom stereocenters. The molecule has 3 rings (SSSR count). The molecule has 0 saturated carbocycles. The molecule has 0 bridgehead atoms. The molecule has 2 N–H and O–H groups in total. The Bertz CT molecular complexity index is 709. The van der Waals surface area contributed by atoms with E-state index in [1.54, 1.807) is 24.5 Å². The van der Waals surface area contributed by atoms with E-state index in [4.69, 9.17) is 0 Å². The third kappa shape index (κ3) is 3.99. The third-order valence-electron chi connectivity index (χ3n) is 4.27. The van der Waals surface area contributed by atoms with Gasteiger partial charge in [0.05, 0.1) is 18.0 Å². The number of nitrogens with one attached hydrogen (secondary N) is 1. The summed E-state index contributed by atoms with van der Waals surface area (Å²) < 4.78 is 1.42. The fourth-order valence-electron chi connectivity index (χ4n) is 3.04. The van der Waals surface area contributed by atoms with Gasteiger partial charge in [-0.1, -0.05) is 25.0 Å². The van der Waals surface area contributed by atoms with Crippen molar-refractivity contribution in [2.75, 3.05) is 5.32 Å². The van der Waals surface area contributed by atoms with Crippen LogP contribution < -0.4 is 5.32 Å². The van der Waals surface area contributed by atoms with Crippen molar-refractivity contribution in [2.45, 2.75) is 58.6 Å². The molecule has 1 aliphatic carbocycles. The van der Waals surface area contributed by atoms with Crippen molar-refractivity contribution in [1.29, 1.82) is 0 Å². The van der Waals surface area contributed by atoms with Crippen molar-refractivity contribution in [3.8, 4) is 0 Å². The Kier molecular flexibility index (Phi) is 5.25. The Balaban J connectivity index is 1.59. The van der Waals surface area contributed by atoms with Crippen LogP contribution in [0.2, 0.25) is 0 Å². The van der Waals surface area contributed by atoms with E-state index >= 15 is 0 Å². The smallest absolute Gasteiger partial charge is 0.247 e. The highest BCUT2D eigenvalue weighted by atomic mass is 32.1. The van der Waals surface area contributed by atoms with E-state index < -0.39 is 6.10 Å². The number of carbonyl (C=O) groups is 1. The molecule has 24 heavy (non-hydrogen) atoms. The summed E-state index contributed by atoms with van der Waals surface area (Å²) >= 11 is 1.59. The predicted octanol–water partition coefficient (Wildman–Crippen LogP) is 2.33. The molecule has 0 radical (unpaired) electrons. The largest absolute Gasteiger partial charge is 0.387 e. The number of amides is 1. The topological polar surface area (TPSA) is 92.9 Å². The Morgan fingerprint density at radius 1 is 1.58 bits per heavy atom. The van der Waals surface area contributed by atoms with Gasteiger partial charge < -0.3 is 10.4 Å². The number of carbonyl (C=O) groups excluding carboxylic acids is 1. The normalized spacial score (nSPS) is 18.2. The zero-order chi connectivity index (χ0) is 17.1. The number of hydrogen-bond donors (Lipinski definition) is 2. The number of aryl methyl sites for hydroxylation is 1. The van der Waals surface area contributed by atoms with Crippen molar-refractivity contribution in [3.63, 3.8) is 0 Å². The lowest BCUT2D eigenvalue weighted by molar-refractivity contribution is -0.116. The van der Waals surface area contributed by atoms with Gasteiger partial charge in [-0.15, -0.1) is 16.4 Å². The molecule has 2 aromatic heterocycles. The fraction of sp³-hybridized carbons (Fsp3) is 0.625. The number of aliphatic hydroxyl groups excluding tert-OH is 1. The molecule has 1 aliphatic rings. The Morgan fingerprint density at radius 2 is 2.42 bits per heavy atom. The quantitative estimate of drug-likeness (QED) is 0.835. The van der Waals surface area contributed by atoms with E-state index in [2.05, 4.69) is 27.5 Å². The first-order valence-electron chi connectivity index (χ1n) is 8.41. The van der Waals surface area contributed by atoms with Gasteiger partial charge in [-0.25, -0.2) is 9.67 Å². The average Bonchev–Trinajstić information content (AvgIpc) is 3.13. The molecule has 1 amide bonds. The molecule has 0 spiro atoms. The van der Waals surface area contributed by atoms with Crippen LogP contribution in [0.25, 0.3) is 0 Å². The first kappa shape index (κ1) is 17.0. The molecule has 0 aliphatic heterocycles. The van der Waals surface area contributed by atoms with Crippen LogP contribution in [0.1, 0.15) is 55.5 Å². The highest BCUT2D eigenvalue weighted by Gasteiger charge is 2.22. The number of hydrogen-bond acceptors (Lipinski definition) is 6. The van der Waals surface area contributed by atoms with Crippen LogP contribution in [0, 0.1) is 5.92 Å². The van der Waals surface area contributed by atoms with Crippen LogP contribution in [-0.2, 0) is 24.2 Å².